The van der Waals surface area contributed by atoms with Gasteiger partial charge in [0.15, 0.2) is 0 Å². The minimum absolute atomic E-state index is 0.167. The molecule has 1 aliphatic heterocycles. The van der Waals surface area contributed by atoms with Crippen molar-refractivity contribution < 1.29 is 14.7 Å². The summed E-state index contributed by atoms with van der Waals surface area (Å²) in [5.74, 6) is -0.143. The van der Waals surface area contributed by atoms with E-state index in [1.807, 2.05) is 25.1 Å². The van der Waals surface area contributed by atoms with Crippen molar-refractivity contribution in [2.24, 2.45) is 0 Å². The van der Waals surface area contributed by atoms with Crippen LogP contribution in [0.2, 0.25) is 0 Å². The fraction of sp³-hybridized carbons (Fsp3) is 0.471. The average Bonchev–Trinajstić information content (AvgIpc) is 3.09. The normalized spacial score (nSPS) is 20.8. The van der Waals surface area contributed by atoms with Crippen LogP contribution in [0.25, 0.3) is 11.0 Å². The molecule has 1 saturated heterocycles. The van der Waals surface area contributed by atoms with E-state index in [1.54, 1.807) is 23.9 Å². The second kappa shape index (κ2) is 6.72. The zero-order chi connectivity index (χ0) is 18.1. The number of nitrogens with one attached hydrogen (secondary N) is 2. The Morgan fingerprint density at radius 3 is 2.92 bits per heavy atom. The van der Waals surface area contributed by atoms with Gasteiger partial charge in [-0.1, -0.05) is 6.07 Å². The lowest BCUT2D eigenvalue weighted by molar-refractivity contribution is -0.141. The van der Waals surface area contributed by atoms with Crippen LogP contribution in [-0.2, 0) is 11.3 Å². The number of aromatic amines is 1. The molecule has 2 aromatic rings. The number of carboxylic acids is 1. The SMILES string of the molecule is Cc1ccc2nc(CN(C)C(=O)N[C@H]3C[C@@H](C(=O)O)N(C)C3)[nH]c2c1. The number of aliphatic carboxylic acids is 1. The molecule has 1 aromatic carbocycles. The van der Waals surface area contributed by atoms with Gasteiger partial charge < -0.3 is 20.3 Å². The molecule has 0 spiro atoms. The molecule has 25 heavy (non-hydrogen) atoms. The van der Waals surface area contributed by atoms with Gasteiger partial charge in [-0.3, -0.25) is 9.69 Å². The number of hydrogen-bond donors (Lipinski definition) is 3. The first kappa shape index (κ1) is 17.2. The van der Waals surface area contributed by atoms with Crippen molar-refractivity contribution in [1.29, 1.82) is 0 Å². The van der Waals surface area contributed by atoms with Gasteiger partial charge in [-0.2, -0.15) is 0 Å². The molecule has 134 valence electrons. The summed E-state index contributed by atoms with van der Waals surface area (Å²) >= 11 is 0. The summed E-state index contributed by atoms with van der Waals surface area (Å²) in [7, 11) is 3.45. The maximum Gasteiger partial charge on any atom is 0.320 e. The highest BCUT2D eigenvalue weighted by molar-refractivity contribution is 5.77. The van der Waals surface area contributed by atoms with E-state index in [4.69, 9.17) is 5.11 Å². The van der Waals surface area contributed by atoms with Crippen molar-refractivity contribution in [3.05, 3.63) is 29.6 Å². The molecule has 8 heteroatoms. The van der Waals surface area contributed by atoms with E-state index in [-0.39, 0.29) is 12.1 Å². The fourth-order valence-electron chi connectivity index (χ4n) is 3.23. The van der Waals surface area contributed by atoms with Crippen molar-refractivity contribution in [2.45, 2.75) is 32.0 Å². The van der Waals surface area contributed by atoms with Gasteiger partial charge in [0.25, 0.3) is 0 Å². The van der Waals surface area contributed by atoms with Gasteiger partial charge >= 0.3 is 12.0 Å². The van der Waals surface area contributed by atoms with Gasteiger partial charge in [-0.25, -0.2) is 9.78 Å². The molecular weight excluding hydrogens is 322 g/mol. The zero-order valence-corrected chi connectivity index (χ0v) is 14.6. The molecule has 2 atom stereocenters. The topological polar surface area (TPSA) is 102 Å². The third kappa shape index (κ3) is 3.74. The molecular formula is C17H23N5O3. The third-order valence-corrected chi connectivity index (χ3v) is 4.58. The van der Waals surface area contributed by atoms with Crippen LogP contribution in [0.1, 0.15) is 17.8 Å². The number of aryl methyl sites for hydroxylation is 1. The molecule has 3 N–H and O–H groups in total. The quantitative estimate of drug-likeness (QED) is 0.772. The summed E-state index contributed by atoms with van der Waals surface area (Å²) in [6.07, 6.45) is 0.412. The van der Waals surface area contributed by atoms with Crippen LogP contribution in [0.4, 0.5) is 4.79 Å². The Bertz CT molecular complexity index is 803. The van der Waals surface area contributed by atoms with E-state index in [1.165, 1.54) is 0 Å². The Labute approximate surface area is 145 Å². The molecule has 0 bridgehead atoms. The van der Waals surface area contributed by atoms with Gasteiger partial charge in [0.2, 0.25) is 0 Å². The highest BCUT2D eigenvalue weighted by atomic mass is 16.4. The minimum Gasteiger partial charge on any atom is -0.480 e. The van der Waals surface area contributed by atoms with Crippen LogP contribution >= 0.6 is 0 Å². The van der Waals surface area contributed by atoms with Gasteiger partial charge in [-0.15, -0.1) is 0 Å². The number of hydrogen-bond acceptors (Lipinski definition) is 4. The molecule has 3 rings (SSSR count). The molecule has 8 nitrogen and oxygen atoms in total. The molecule has 0 unspecified atom stereocenters. The number of imidazole rings is 1. The molecule has 1 fully saturated rings. The molecule has 1 aromatic heterocycles. The van der Waals surface area contributed by atoms with Crippen LogP contribution in [-0.4, -0.2) is 69.6 Å². The fourth-order valence-corrected chi connectivity index (χ4v) is 3.23. The van der Waals surface area contributed by atoms with E-state index in [9.17, 15) is 9.59 Å². The molecule has 2 heterocycles. The molecule has 1 aliphatic rings. The number of H-pyrrole nitrogens is 1. The van der Waals surface area contributed by atoms with Crippen LogP contribution in [0.15, 0.2) is 18.2 Å². The lowest BCUT2D eigenvalue weighted by atomic mass is 10.2. The van der Waals surface area contributed by atoms with Gasteiger partial charge in [-0.05, 0) is 38.1 Å². The summed E-state index contributed by atoms with van der Waals surface area (Å²) in [5.41, 5.74) is 2.97. The second-order valence-corrected chi connectivity index (χ2v) is 6.74. The van der Waals surface area contributed by atoms with Crippen molar-refractivity contribution >= 4 is 23.0 Å². The summed E-state index contributed by atoms with van der Waals surface area (Å²) < 4.78 is 0. The van der Waals surface area contributed by atoms with E-state index in [2.05, 4.69) is 15.3 Å². The van der Waals surface area contributed by atoms with Gasteiger partial charge in [0.1, 0.15) is 11.9 Å². The third-order valence-electron chi connectivity index (χ3n) is 4.58. The number of fused-ring (bicyclic) bond motifs is 1. The zero-order valence-electron chi connectivity index (χ0n) is 14.6. The molecule has 0 radical (unpaired) electrons. The van der Waals surface area contributed by atoms with E-state index in [0.717, 1.165) is 16.6 Å². The van der Waals surface area contributed by atoms with Gasteiger partial charge in [0.05, 0.1) is 17.6 Å². The lowest BCUT2D eigenvalue weighted by Gasteiger charge is -2.20. The predicted octanol–water partition coefficient (Wildman–Crippen LogP) is 1.17. The van der Waals surface area contributed by atoms with Crippen LogP contribution in [0, 0.1) is 6.92 Å². The number of aromatic nitrogens is 2. The number of nitrogens with zero attached hydrogens (tertiary/aromatic N) is 3. The Hall–Kier alpha value is -2.61. The first-order chi connectivity index (χ1) is 11.8. The highest BCUT2D eigenvalue weighted by Crippen LogP contribution is 2.17. The van der Waals surface area contributed by atoms with Crippen LogP contribution in [0.5, 0.6) is 0 Å². The van der Waals surface area contributed by atoms with Crippen LogP contribution in [0.3, 0.4) is 0 Å². The second-order valence-electron chi connectivity index (χ2n) is 6.74. The monoisotopic (exact) mass is 345 g/mol. The number of carbonyl (C=O) groups is 2. The Kier molecular flexibility index (Phi) is 4.63. The molecule has 0 aliphatic carbocycles. The smallest absolute Gasteiger partial charge is 0.320 e. The van der Waals surface area contributed by atoms with Crippen molar-refractivity contribution in [1.82, 2.24) is 25.1 Å². The largest absolute Gasteiger partial charge is 0.480 e. The number of amides is 2. The van der Waals surface area contributed by atoms with E-state index in [0.29, 0.717) is 25.3 Å². The standard InChI is InChI=1S/C17H23N5O3/c1-10-4-5-12-13(6-10)20-15(19-12)9-22(3)17(25)18-11-7-14(16(23)24)21(2)8-11/h4-6,11,14H,7-9H2,1-3H3,(H,18,25)(H,19,20)(H,23,24)/t11-,14-/m0/s1. The number of likely N-dealkylation sites (tertiary alicyclic amines) is 1. The number of carboxylic acid groups (broad SMARTS) is 1. The van der Waals surface area contributed by atoms with E-state index >= 15 is 0 Å². The average molecular weight is 345 g/mol. The number of likely N-dealkylation sites (N-methyl/N-ethyl adjacent to an activating group) is 1. The van der Waals surface area contributed by atoms with Crippen LogP contribution < -0.4 is 5.32 Å². The summed E-state index contributed by atoms with van der Waals surface area (Å²) in [5, 5.41) is 12.0. The summed E-state index contributed by atoms with van der Waals surface area (Å²) in [4.78, 5) is 34.5. The van der Waals surface area contributed by atoms with E-state index < -0.39 is 12.0 Å². The number of urea groups is 1. The Morgan fingerprint density at radius 2 is 2.24 bits per heavy atom. The Morgan fingerprint density at radius 1 is 1.48 bits per heavy atom. The van der Waals surface area contributed by atoms with Gasteiger partial charge in [0, 0.05) is 19.6 Å². The van der Waals surface area contributed by atoms with Crippen molar-refractivity contribution in [2.75, 3.05) is 20.6 Å². The summed E-state index contributed by atoms with van der Waals surface area (Å²) in [6.45, 7) is 2.90. The maximum atomic E-state index is 12.4. The highest BCUT2D eigenvalue weighted by Gasteiger charge is 2.35. The number of carbonyl (C=O) groups excluding carboxylic acids is 1. The first-order valence-corrected chi connectivity index (χ1v) is 8.23. The predicted molar refractivity (Wildman–Crippen MR) is 93.3 cm³/mol. The van der Waals surface area contributed by atoms with Crippen molar-refractivity contribution in [3.8, 4) is 0 Å². The first-order valence-electron chi connectivity index (χ1n) is 8.23. The summed E-state index contributed by atoms with van der Waals surface area (Å²) in [6, 6.07) is 5.02. The lowest BCUT2D eigenvalue weighted by Crippen LogP contribution is -2.43. The molecule has 2 amide bonds. The Balaban J connectivity index is 1.59. The van der Waals surface area contributed by atoms with Crippen molar-refractivity contribution in [3.63, 3.8) is 0 Å². The maximum absolute atomic E-state index is 12.4. The molecule has 0 saturated carbocycles. The number of benzene rings is 1. The number of rotatable bonds is 4. The minimum atomic E-state index is -0.856.